The van der Waals surface area contributed by atoms with E-state index in [0.717, 1.165) is 5.56 Å². The lowest BCUT2D eigenvalue weighted by atomic mass is 10.1. The van der Waals surface area contributed by atoms with E-state index in [1.165, 1.54) is 6.92 Å². The third-order valence-corrected chi connectivity index (χ3v) is 2.65. The van der Waals surface area contributed by atoms with Crippen LogP contribution >= 0.6 is 0 Å². The summed E-state index contributed by atoms with van der Waals surface area (Å²) in [5.74, 6) is -1.50. The molecule has 1 aromatic carbocycles. The molecule has 1 aromatic rings. The second kappa shape index (κ2) is 6.76. The molecule has 0 heterocycles. The Morgan fingerprint density at radius 1 is 1.33 bits per heavy atom. The van der Waals surface area contributed by atoms with Gasteiger partial charge in [-0.05, 0) is 25.3 Å². The number of rotatable bonds is 6. The Bertz CT molecular complexity index is 406. The van der Waals surface area contributed by atoms with E-state index in [1.807, 2.05) is 30.3 Å². The van der Waals surface area contributed by atoms with Crippen molar-refractivity contribution in [3.63, 3.8) is 0 Å². The number of nitrogens with two attached hydrogens (primary N) is 1. The monoisotopic (exact) mass is 250 g/mol. The molecular formula is C13H18N2O3. The highest BCUT2D eigenvalue weighted by Crippen LogP contribution is 2.04. The molecule has 0 fully saturated rings. The molecule has 0 aromatic heterocycles. The molecule has 0 aliphatic heterocycles. The summed E-state index contributed by atoms with van der Waals surface area (Å²) in [7, 11) is 0. The van der Waals surface area contributed by atoms with Crippen LogP contribution in [0.15, 0.2) is 30.3 Å². The Kier molecular flexibility index (Phi) is 5.32. The number of carboxylic acids is 1. The summed E-state index contributed by atoms with van der Waals surface area (Å²) in [6.07, 6.45) is 1.18. The minimum atomic E-state index is -1.07. The van der Waals surface area contributed by atoms with Crippen LogP contribution < -0.4 is 11.1 Å². The average Bonchev–Trinajstić information content (AvgIpc) is 2.36. The summed E-state index contributed by atoms with van der Waals surface area (Å²) in [6.45, 7) is 1.41. The van der Waals surface area contributed by atoms with Crippen molar-refractivity contribution in [2.75, 3.05) is 0 Å². The zero-order valence-corrected chi connectivity index (χ0v) is 10.3. The summed E-state index contributed by atoms with van der Waals surface area (Å²) in [4.78, 5) is 22.2. The summed E-state index contributed by atoms with van der Waals surface area (Å²) < 4.78 is 0. The van der Waals surface area contributed by atoms with E-state index in [1.54, 1.807) is 0 Å². The molecule has 5 nitrogen and oxygen atoms in total. The van der Waals surface area contributed by atoms with Gasteiger partial charge in [0, 0.05) is 0 Å². The zero-order chi connectivity index (χ0) is 13.5. The average molecular weight is 250 g/mol. The molecule has 18 heavy (non-hydrogen) atoms. The van der Waals surface area contributed by atoms with Gasteiger partial charge < -0.3 is 16.2 Å². The Balaban J connectivity index is 2.39. The maximum Gasteiger partial charge on any atom is 0.325 e. The molecule has 0 aliphatic rings. The summed E-state index contributed by atoms with van der Waals surface area (Å²) >= 11 is 0. The first-order valence-electron chi connectivity index (χ1n) is 5.83. The molecule has 5 heteroatoms. The van der Waals surface area contributed by atoms with Crippen LogP contribution in [0.4, 0.5) is 0 Å². The Labute approximate surface area is 106 Å². The van der Waals surface area contributed by atoms with Crippen molar-refractivity contribution in [3.8, 4) is 0 Å². The molecule has 0 aliphatic carbocycles. The molecule has 0 radical (unpaired) electrons. The number of carboxylic acid groups (broad SMARTS) is 1. The third kappa shape index (κ3) is 4.55. The van der Waals surface area contributed by atoms with E-state index in [2.05, 4.69) is 5.32 Å². The van der Waals surface area contributed by atoms with Crippen LogP contribution in [0.25, 0.3) is 0 Å². The lowest BCUT2D eigenvalue weighted by Gasteiger charge is -2.14. The smallest absolute Gasteiger partial charge is 0.325 e. The molecule has 0 bridgehead atoms. The minimum Gasteiger partial charge on any atom is -0.480 e. The van der Waals surface area contributed by atoms with E-state index in [0.29, 0.717) is 12.8 Å². The first kappa shape index (κ1) is 14.2. The number of nitrogens with one attached hydrogen (secondary N) is 1. The van der Waals surface area contributed by atoms with Crippen LogP contribution in [-0.2, 0) is 16.0 Å². The van der Waals surface area contributed by atoms with Gasteiger partial charge in [-0.1, -0.05) is 30.3 Å². The summed E-state index contributed by atoms with van der Waals surface area (Å²) in [5, 5.41) is 11.0. The van der Waals surface area contributed by atoms with Crippen molar-refractivity contribution in [3.05, 3.63) is 35.9 Å². The molecule has 98 valence electrons. The quantitative estimate of drug-likeness (QED) is 0.687. The van der Waals surface area contributed by atoms with E-state index in [4.69, 9.17) is 10.8 Å². The normalized spacial score (nSPS) is 13.7. The Hall–Kier alpha value is -1.88. The van der Waals surface area contributed by atoms with Crippen molar-refractivity contribution in [1.29, 1.82) is 0 Å². The van der Waals surface area contributed by atoms with Crippen LogP contribution in [0.1, 0.15) is 18.9 Å². The van der Waals surface area contributed by atoms with Crippen molar-refractivity contribution >= 4 is 11.9 Å². The Morgan fingerprint density at radius 2 is 1.94 bits per heavy atom. The number of carbonyl (C=O) groups excluding carboxylic acids is 1. The zero-order valence-electron chi connectivity index (χ0n) is 10.3. The lowest BCUT2D eigenvalue weighted by molar-refractivity contribution is -0.141. The van der Waals surface area contributed by atoms with Gasteiger partial charge in [0.05, 0.1) is 6.04 Å². The molecule has 0 saturated carbocycles. The predicted molar refractivity (Wildman–Crippen MR) is 68.0 cm³/mol. The highest BCUT2D eigenvalue weighted by Gasteiger charge is 2.18. The van der Waals surface area contributed by atoms with Crippen molar-refractivity contribution < 1.29 is 14.7 Å². The van der Waals surface area contributed by atoms with Crippen LogP contribution in [0.5, 0.6) is 0 Å². The van der Waals surface area contributed by atoms with Crippen molar-refractivity contribution in [1.82, 2.24) is 5.32 Å². The van der Waals surface area contributed by atoms with Crippen molar-refractivity contribution in [2.24, 2.45) is 5.73 Å². The SMILES string of the molecule is CC(NC(=O)[C@@H](N)CCc1ccccc1)C(=O)O. The molecule has 1 rings (SSSR count). The maximum absolute atomic E-state index is 11.6. The van der Waals surface area contributed by atoms with Crippen LogP contribution in [0.2, 0.25) is 0 Å². The second-order valence-electron chi connectivity index (χ2n) is 4.20. The van der Waals surface area contributed by atoms with Crippen LogP contribution in [0, 0.1) is 0 Å². The predicted octanol–water partition coefficient (Wildman–Crippen LogP) is 0.536. The van der Waals surface area contributed by atoms with Crippen molar-refractivity contribution in [2.45, 2.75) is 31.8 Å². The molecule has 1 amide bonds. The van der Waals surface area contributed by atoms with E-state index in [9.17, 15) is 9.59 Å². The third-order valence-electron chi connectivity index (χ3n) is 2.65. The molecule has 0 spiro atoms. The van der Waals surface area contributed by atoms with E-state index >= 15 is 0 Å². The number of aryl methyl sites for hydroxylation is 1. The highest BCUT2D eigenvalue weighted by atomic mass is 16.4. The topological polar surface area (TPSA) is 92.4 Å². The lowest BCUT2D eigenvalue weighted by Crippen LogP contribution is -2.47. The first-order valence-corrected chi connectivity index (χ1v) is 5.83. The molecule has 0 saturated heterocycles. The van der Waals surface area contributed by atoms with Crippen LogP contribution in [-0.4, -0.2) is 29.1 Å². The number of carbonyl (C=O) groups is 2. The minimum absolute atomic E-state index is 0.430. The van der Waals surface area contributed by atoms with Gasteiger partial charge in [-0.3, -0.25) is 9.59 Å². The fourth-order valence-electron chi connectivity index (χ4n) is 1.48. The molecule has 2 atom stereocenters. The van der Waals surface area contributed by atoms with Gasteiger partial charge in [0.25, 0.3) is 0 Å². The van der Waals surface area contributed by atoms with E-state index in [-0.39, 0.29) is 0 Å². The number of hydrogen-bond acceptors (Lipinski definition) is 3. The van der Waals surface area contributed by atoms with E-state index < -0.39 is 24.0 Å². The second-order valence-corrected chi connectivity index (χ2v) is 4.20. The Morgan fingerprint density at radius 3 is 2.50 bits per heavy atom. The number of amides is 1. The van der Waals surface area contributed by atoms with Gasteiger partial charge in [0.1, 0.15) is 6.04 Å². The summed E-state index contributed by atoms with van der Waals surface area (Å²) in [6, 6.07) is 8.09. The number of aliphatic carboxylic acids is 1. The number of hydrogen-bond donors (Lipinski definition) is 3. The van der Waals surface area contributed by atoms with Gasteiger partial charge in [-0.2, -0.15) is 0 Å². The van der Waals surface area contributed by atoms with Gasteiger partial charge in [-0.25, -0.2) is 0 Å². The number of benzene rings is 1. The standard InChI is InChI=1S/C13H18N2O3/c1-9(13(17)18)15-12(16)11(14)8-7-10-5-3-2-4-6-10/h2-6,9,11H,7-8,14H2,1H3,(H,15,16)(H,17,18)/t9?,11-/m0/s1. The first-order chi connectivity index (χ1) is 8.50. The summed E-state index contributed by atoms with van der Waals surface area (Å²) in [5.41, 5.74) is 6.81. The largest absolute Gasteiger partial charge is 0.480 e. The molecular weight excluding hydrogens is 232 g/mol. The molecule has 1 unspecified atom stereocenters. The van der Waals surface area contributed by atoms with Gasteiger partial charge >= 0.3 is 5.97 Å². The van der Waals surface area contributed by atoms with Gasteiger partial charge in [0.2, 0.25) is 5.91 Å². The van der Waals surface area contributed by atoms with Gasteiger partial charge in [0.15, 0.2) is 0 Å². The maximum atomic E-state index is 11.6. The fourth-order valence-corrected chi connectivity index (χ4v) is 1.48. The highest BCUT2D eigenvalue weighted by molar-refractivity contribution is 5.86. The van der Waals surface area contributed by atoms with Gasteiger partial charge in [-0.15, -0.1) is 0 Å². The fraction of sp³-hybridized carbons (Fsp3) is 0.385. The van der Waals surface area contributed by atoms with Crippen LogP contribution in [0.3, 0.4) is 0 Å². The molecule has 4 N–H and O–H groups in total.